The molecule has 1 aromatic rings. The number of rotatable bonds is 3. The van der Waals surface area contributed by atoms with Crippen molar-refractivity contribution in [1.29, 1.82) is 0 Å². The van der Waals surface area contributed by atoms with Gasteiger partial charge in [0, 0.05) is 35.6 Å². The van der Waals surface area contributed by atoms with Crippen molar-refractivity contribution in [1.82, 2.24) is 4.57 Å². The normalized spacial score (nSPS) is 16.9. The second-order valence-corrected chi connectivity index (χ2v) is 7.28. The minimum atomic E-state index is 0.00801. The predicted molar refractivity (Wildman–Crippen MR) is 84.7 cm³/mol. The van der Waals surface area contributed by atoms with Gasteiger partial charge in [-0.15, -0.1) is 0 Å². The highest BCUT2D eigenvalue weighted by Crippen LogP contribution is 2.30. The maximum absolute atomic E-state index is 12.2. The number of nitrogens with zero attached hydrogens (tertiary/aromatic N) is 1. The van der Waals surface area contributed by atoms with E-state index in [1.54, 1.807) is 6.07 Å². The van der Waals surface area contributed by atoms with Gasteiger partial charge in [-0.25, -0.2) is 0 Å². The van der Waals surface area contributed by atoms with Crippen LogP contribution < -0.4 is 5.56 Å². The Morgan fingerprint density at radius 3 is 2.55 bits per heavy atom. The van der Waals surface area contributed by atoms with E-state index in [0.717, 1.165) is 29.4 Å². The molecule has 110 valence electrons. The molecular formula is C16H22BrNO2. The minimum Gasteiger partial charge on any atom is -0.312 e. The number of carbonyl (C=O) groups is 1. The Bertz CT molecular complexity index is 569. The van der Waals surface area contributed by atoms with Crippen molar-refractivity contribution in [2.45, 2.75) is 46.6 Å². The predicted octanol–water partition coefficient (Wildman–Crippen LogP) is 3.42. The molecule has 2 rings (SSSR count). The van der Waals surface area contributed by atoms with Crippen molar-refractivity contribution >= 4 is 21.7 Å². The van der Waals surface area contributed by atoms with Gasteiger partial charge < -0.3 is 4.57 Å². The summed E-state index contributed by atoms with van der Waals surface area (Å²) in [5, 5.41) is 0.848. The summed E-state index contributed by atoms with van der Waals surface area (Å²) in [7, 11) is 0. The van der Waals surface area contributed by atoms with Crippen LogP contribution in [0.5, 0.6) is 0 Å². The van der Waals surface area contributed by atoms with Crippen LogP contribution >= 0.6 is 15.9 Å². The summed E-state index contributed by atoms with van der Waals surface area (Å²) in [5.74, 6) is 0.523. The molecule has 0 bridgehead atoms. The number of Topliss-reactive ketones (excluding diaryl/α,β-unsaturated/α-hetero) is 1. The van der Waals surface area contributed by atoms with Gasteiger partial charge >= 0.3 is 0 Å². The van der Waals surface area contributed by atoms with E-state index in [1.807, 2.05) is 4.57 Å². The molecular weight excluding hydrogens is 318 g/mol. The molecule has 20 heavy (non-hydrogen) atoms. The molecule has 0 spiro atoms. The van der Waals surface area contributed by atoms with Gasteiger partial charge in [-0.3, -0.25) is 9.59 Å². The van der Waals surface area contributed by atoms with Crippen LogP contribution in [-0.4, -0.2) is 15.7 Å². The lowest BCUT2D eigenvalue weighted by molar-refractivity contribution is 0.0969. The molecule has 0 fully saturated rings. The third-order valence-electron chi connectivity index (χ3n) is 4.23. The van der Waals surface area contributed by atoms with Crippen molar-refractivity contribution in [3.8, 4) is 0 Å². The third-order valence-corrected chi connectivity index (χ3v) is 5.01. The Hall–Kier alpha value is -0.900. The van der Waals surface area contributed by atoms with Gasteiger partial charge in [-0.1, -0.05) is 36.7 Å². The van der Waals surface area contributed by atoms with Crippen LogP contribution in [0.3, 0.4) is 0 Å². The summed E-state index contributed by atoms with van der Waals surface area (Å²) in [4.78, 5) is 24.2. The molecule has 0 N–H and O–H groups in total. The quantitative estimate of drug-likeness (QED) is 0.791. The summed E-state index contributed by atoms with van der Waals surface area (Å²) < 4.78 is 1.82. The van der Waals surface area contributed by atoms with Crippen molar-refractivity contribution in [2.75, 3.05) is 5.33 Å². The number of halogens is 1. The van der Waals surface area contributed by atoms with Gasteiger partial charge in [0.1, 0.15) is 0 Å². The van der Waals surface area contributed by atoms with E-state index in [4.69, 9.17) is 0 Å². The van der Waals surface area contributed by atoms with Crippen molar-refractivity contribution in [2.24, 2.45) is 11.3 Å². The molecule has 0 saturated heterocycles. The first-order chi connectivity index (χ1) is 9.34. The molecule has 3 nitrogen and oxygen atoms in total. The molecule has 1 aliphatic rings. The molecule has 0 aliphatic heterocycles. The molecule has 0 aromatic carbocycles. The second kappa shape index (κ2) is 5.84. The van der Waals surface area contributed by atoms with Crippen LogP contribution in [0, 0.1) is 11.3 Å². The largest absolute Gasteiger partial charge is 0.312 e. The summed E-state index contributed by atoms with van der Waals surface area (Å²) in [6, 6.07) is 3.24. The maximum atomic E-state index is 12.2. The summed E-state index contributed by atoms with van der Waals surface area (Å²) in [5.41, 5.74) is 1.81. The van der Waals surface area contributed by atoms with Gasteiger partial charge in [-0.2, -0.15) is 0 Å². The molecule has 1 aliphatic carbocycles. The Labute approximate surface area is 128 Å². The van der Waals surface area contributed by atoms with Crippen LogP contribution in [-0.2, 0) is 13.0 Å². The van der Waals surface area contributed by atoms with Crippen LogP contribution in [0.2, 0.25) is 0 Å². The lowest BCUT2D eigenvalue weighted by Gasteiger charge is -2.31. The average Bonchev–Trinajstić information content (AvgIpc) is 2.36. The highest BCUT2D eigenvalue weighted by atomic mass is 79.9. The fraction of sp³-hybridized carbons (Fsp3) is 0.625. The van der Waals surface area contributed by atoms with E-state index < -0.39 is 0 Å². The van der Waals surface area contributed by atoms with Gasteiger partial charge in [-0.05, 0) is 30.2 Å². The first kappa shape index (κ1) is 15.5. The van der Waals surface area contributed by atoms with Crippen LogP contribution in [0.25, 0.3) is 0 Å². The van der Waals surface area contributed by atoms with Gasteiger partial charge in [0.25, 0.3) is 5.56 Å². The number of ketones is 1. The monoisotopic (exact) mass is 339 g/mol. The van der Waals surface area contributed by atoms with E-state index >= 15 is 0 Å². The fourth-order valence-electron chi connectivity index (χ4n) is 2.67. The molecule has 1 atom stereocenters. The minimum absolute atomic E-state index is 0.00801. The number of hydrogen-bond acceptors (Lipinski definition) is 2. The first-order valence-electron chi connectivity index (χ1n) is 7.16. The fourth-order valence-corrected chi connectivity index (χ4v) is 3.84. The average molecular weight is 340 g/mol. The molecule has 0 radical (unpaired) electrons. The highest BCUT2D eigenvalue weighted by molar-refractivity contribution is 9.09. The lowest BCUT2D eigenvalue weighted by Crippen LogP contribution is -2.34. The molecule has 1 unspecified atom stereocenters. The SMILES string of the molecule is CC(C)(C)C(CBr)Cn1c2c(ccc1=O)C(=O)CCC2. The van der Waals surface area contributed by atoms with Gasteiger partial charge in [0.15, 0.2) is 5.78 Å². The topological polar surface area (TPSA) is 39.1 Å². The van der Waals surface area contributed by atoms with E-state index in [-0.39, 0.29) is 16.8 Å². The Balaban J connectivity index is 2.44. The number of pyridine rings is 1. The summed E-state index contributed by atoms with van der Waals surface area (Å²) >= 11 is 3.56. The number of fused-ring (bicyclic) bond motifs is 1. The molecule has 1 aromatic heterocycles. The summed E-state index contributed by atoms with van der Waals surface area (Å²) in [6.45, 7) is 7.23. The van der Waals surface area contributed by atoms with Crippen LogP contribution in [0.4, 0.5) is 0 Å². The Kier molecular flexibility index (Phi) is 4.52. The number of hydrogen-bond donors (Lipinski definition) is 0. The zero-order valence-electron chi connectivity index (χ0n) is 12.4. The maximum Gasteiger partial charge on any atom is 0.250 e. The zero-order chi connectivity index (χ0) is 14.9. The van der Waals surface area contributed by atoms with E-state index in [2.05, 4.69) is 36.7 Å². The lowest BCUT2D eigenvalue weighted by atomic mass is 9.81. The standard InChI is InChI=1S/C16H22BrNO2/c1-16(2,3)11(9-17)10-18-13-5-4-6-14(19)12(13)7-8-15(18)20/h7-8,11H,4-6,9-10H2,1-3H3. The Morgan fingerprint density at radius 1 is 1.25 bits per heavy atom. The number of carbonyl (C=O) groups excluding carboxylic acids is 1. The third kappa shape index (κ3) is 3.05. The zero-order valence-corrected chi connectivity index (χ0v) is 14.0. The van der Waals surface area contributed by atoms with Crippen molar-refractivity contribution in [3.05, 3.63) is 33.7 Å². The molecule has 1 heterocycles. The molecule has 0 saturated carbocycles. The smallest absolute Gasteiger partial charge is 0.250 e. The van der Waals surface area contributed by atoms with Gasteiger partial charge in [0.2, 0.25) is 0 Å². The van der Waals surface area contributed by atoms with Crippen molar-refractivity contribution < 1.29 is 4.79 Å². The van der Waals surface area contributed by atoms with Crippen molar-refractivity contribution in [3.63, 3.8) is 0 Å². The van der Waals surface area contributed by atoms with Gasteiger partial charge in [0.05, 0.1) is 0 Å². The van der Waals surface area contributed by atoms with E-state index in [1.165, 1.54) is 6.07 Å². The second-order valence-electron chi connectivity index (χ2n) is 6.64. The first-order valence-corrected chi connectivity index (χ1v) is 8.28. The van der Waals surface area contributed by atoms with E-state index in [0.29, 0.717) is 18.9 Å². The Morgan fingerprint density at radius 2 is 1.95 bits per heavy atom. The molecule has 4 heteroatoms. The number of aromatic nitrogens is 1. The van der Waals surface area contributed by atoms with E-state index in [9.17, 15) is 9.59 Å². The number of alkyl halides is 1. The highest BCUT2D eigenvalue weighted by Gasteiger charge is 2.27. The molecule has 0 amide bonds. The van der Waals surface area contributed by atoms with Crippen LogP contribution in [0.15, 0.2) is 16.9 Å². The van der Waals surface area contributed by atoms with Crippen LogP contribution in [0.1, 0.15) is 49.7 Å². The summed E-state index contributed by atoms with van der Waals surface area (Å²) in [6.07, 6.45) is 2.28.